The Balaban J connectivity index is 1.65. The van der Waals surface area contributed by atoms with Crippen LogP contribution in [0.2, 0.25) is 0 Å². The summed E-state index contributed by atoms with van der Waals surface area (Å²) < 4.78 is 11.8. The number of halogens is 1. The number of hydrogen-bond donors (Lipinski definition) is 1. The Morgan fingerprint density at radius 1 is 1.25 bits per heavy atom. The number of nitrogens with zero attached hydrogens (tertiary/aromatic N) is 1. The average Bonchev–Trinajstić information content (AvgIpc) is 3.00. The van der Waals surface area contributed by atoms with Crippen LogP contribution in [-0.4, -0.2) is 18.7 Å². The first kappa shape index (κ1) is 16.3. The molecule has 0 unspecified atom stereocenters. The topological polar surface area (TPSA) is 63.8 Å². The first-order valence-electron chi connectivity index (χ1n) is 7.41. The summed E-state index contributed by atoms with van der Waals surface area (Å²) in [4.78, 5) is 12.1. The van der Waals surface area contributed by atoms with Gasteiger partial charge in [0.25, 0.3) is 0 Å². The van der Waals surface area contributed by atoms with Gasteiger partial charge in [0.1, 0.15) is 11.3 Å². The van der Waals surface area contributed by atoms with Gasteiger partial charge < -0.3 is 9.15 Å². The number of fused-ring (bicyclic) bond motifs is 1. The lowest BCUT2D eigenvalue weighted by molar-refractivity contribution is 0.0929. The summed E-state index contributed by atoms with van der Waals surface area (Å²) in [7, 11) is 0. The van der Waals surface area contributed by atoms with Crippen molar-refractivity contribution < 1.29 is 13.9 Å². The number of furan rings is 1. The Morgan fingerprint density at radius 3 is 2.79 bits per heavy atom. The van der Waals surface area contributed by atoms with Crippen LogP contribution in [0, 0.1) is 0 Å². The van der Waals surface area contributed by atoms with Gasteiger partial charge in [0, 0.05) is 9.86 Å². The Hall–Kier alpha value is -2.60. The smallest absolute Gasteiger partial charge is 0.307 e. The second kappa shape index (κ2) is 7.31. The molecule has 3 rings (SSSR count). The number of carbonyl (C=O) groups excluding carboxylic acids is 1. The van der Waals surface area contributed by atoms with Crippen molar-refractivity contribution in [1.29, 1.82) is 0 Å². The van der Waals surface area contributed by atoms with Gasteiger partial charge in [-0.05, 0) is 61.0 Å². The van der Waals surface area contributed by atoms with Gasteiger partial charge >= 0.3 is 5.91 Å². The molecule has 1 amide bonds. The first-order valence-corrected chi connectivity index (χ1v) is 8.20. The van der Waals surface area contributed by atoms with E-state index in [9.17, 15) is 4.79 Å². The van der Waals surface area contributed by atoms with Crippen molar-refractivity contribution in [1.82, 2.24) is 5.43 Å². The molecule has 6 heteroatoms. The number of benzene rings is 2. The molecule has 0 bridgehead atoms. The van der Waals surface area contributed by atoms with Crippen molar-refractivity contribution in [3.63, 3.8) is 0 Å². The minimum Gasteiger partial charge on any atom is -0.494 e. The van der Waals surface area contributed by atoms with Gasteiger partial charge in [-0.2, -0.15) is 5.10 Å². The lowest BCUT2D eigenvalue weighted by Gasteiger charge is -2.02. The van der Waals surface area contributed by atoms with E-state index in [-0.39, 0.29) is 5.76 Å². The van der Waals surface area contributed by atoms with Crippen molar-refractivity contribution in [3.05, 3.63) is 64.3 Å². The largest absolute Gasteiger partial charge is 0.494 e. The highest BCUT2D eigenvalue weighted by molar-refractivity contribution is 9.10. The maximum absolute atomic E-state index is 12.1. The van der Waals surface area contributed by atoms with Crippen LogP contribution in [0.5, 0.6) is 5.75 Å². The van der Waals surface area contributed by atoms with E-state index in [0.717, 1.165) is 21.2 Å². The molecule has 0 saturated heterocycles. The number of hydrogen-bond acceptors (Lipinski definition) is 4. The van der Waals surface area contributed by atoms with Crippen molar-refractivity contribution in [3.8, 4) is 5.75 Å². The van der Waals surface area contributed by atoms with Gasteiger partial charge in [-0.3, -0.25) is 4.79 Å². The van der Waals surface area contributed by atoms with Crippen LogP contribution >= 0.6 is 15.9 Å². The molecular formula is C18H15BrN2O3. The molecule has 1 N–H and O–H groups in total. The average molecular weight is 387 g/mol. The quantitative estimate of drug-likeness (QED) is 0.523. The van der Waals surface area contributed by atoms with Gasteiger partial charge in [-0.15, -0.1) is 0 Å². The van der Waals surface area contributed by atoms with Crippen molar-refractivity contribution in [2.24, 2.45) is 5.10 Å². The van der Waals surface area contributed by atoms with Crippen LogP contribution in [-0.2, 0) is 0 Å². The second-order valence-electron chi connectivity index (χ2n) is 4.99. The summed E-state index contributed by atoms with van der Waals surface area (Å²) in [5.41, 5.74) is 3.96. The zero-order valence-electron chi connectivity index (χ0n) is 13.0. The summed E-state index contributed by atoms with van der Waals surface area (Å²) in [6.45, 7) is 2.55. The van der Waals surface area contributed by atoms with Gasteiger partial charge in [-0.25, -0.2) is 5.43 Å². The van der Waals surface area contributed by atoms with E-state index < -0.39 is 5.91 Å². The minimum atomic E-state index is -0.399. The zero-order valence-corrected chi connectivity index (χ0v) is 14.5. The molecule has 0 spiro atoms. The van der Waals surface area contributed by atoms with Gasteiger partial charge in [0.2, 0.25) is 0 Å². The van der Waals surface area contributed by atoms with E-state index >= 15 is 0 Å². The monoisotopic (exact) mass is 386 g/mol. The molecule has 0 radical (unpaired) electrons. The third-order valence-electron chi connectivity index (χ3n) is 3.27. The molecule has 0 aliphatic rings. The molecule has 0 saturated carbocycles. The predicted molar refractivity (Wildman–Crippen MR) is 96.6 cm³/mol. The normalized spacial score (nSPS) is 11.1. The summed E-state index contributed by atoms with van der Waals surface area (Å²) in [5.74, 6) is 0.614. The summed E-state index contributed by atoms with van der Waals surface area (Å²) >= 11 is 3.39. The minimum absolute atomic E-state index is 0.215. The van der Waals surface area contributed by atoms with Crippen LogP contribution in [0.3, 0.4) is 0 Å². The second-order valence-corrected chi connectivity index (χ2v) is 5.91. The van der Waals surface area contributed by atoms with Crippen molar-refractivity contribution in [2.45, 2.75) is 6.92 Å². The molecule has 0 atom stereocenters. The molecule has 1 heterocycles. The number of hydrazone groups is 1. The van der Waals surface area contributed by atoms with Gasteiger partial charge in [-0.1, -0.05) is 15.9 Å². The van der Waals surface area contributed by atoms with Crippen molar-refractivity contribution >= 4 is 39.0 Å². The summed E-state index contributed by atoms with van der Waals surface area (Å²) in [5, 5.41) is 4.80. The van der Waals surface area contributed by atoms with E-state index in [1.54, 1.807) is 18.3 Å². The maximum Gasteiger partial charge on any atom is 0.307 e. The number of nitrogens with one attached hydrogen (secondary N) is 1. The van der Waals surface area contributed by atoms with Crippen LogP contribution in [0.25, 0.3) is 11.0 Å². The third-order valence-corrected chi connectivity index (χ3v) is 3.77. The Kier molecular flexibility index (Phi) is 4.96. The highest BCUT2D eigenvalue weighted by Gasteiger charge is 2.11. The highest BCUT2D eigenvalue weighted by atomic mass is 79.9. The number of amides is 1. The molecule has 1 aromatic heterocycles. The Labute approximate surface area is 147 Å². The molecule has 24 heavy (non-hydrogen) atoms. The molecule has 3 aromatic rings. The molecule has 5 nitrogen and oxygen atoms in total. The molecule has 122 valence electrons. The van der Waals surface area contributed by atoms with E-state index in [1.165, 1.54) is 0 Å². The zero-order chi connectivity index (χ0) is 16.9. The fourth-order valence-electron chi connectivity index (χ4n) is 2.16. The standard InChI is InChI=1S/C18H15BrN2O3/c1-2-23-15-6-3-12(4-7-15)11-20-21-18(22)17-10-13-9-14(19)5-8-16(13)24-17/h3-11H,2H2,1H3,(H,21,22)/b20-11-. The molecular weight excluding hydrogens is 372 g/mol. The Bertz CT molecular complexity index is 885. The Morgan fingerprint density at radius 2 is 2.04 bits per heavy atom. The highest BCUT2D eigenvalue weighted by Crippen LogP contribution is 2.23. The number of ether oxygens (including phenoxy) is 1. The van der Waals surface area contributed by atoms with E-state index in [2.05, 4.69) is 26.5 Å². The SMILES string of the molecule is CCOc1ccc(/C=N\NC(=O)c2cc3cc(Br)ccc3o2)cc1. The van der Waals surface area contributed by atoms with Crippen molar-refractivity contribution in [2.75, 3.05) is 6.61 Å². The molecule has 2 aromatic carbocycles. The van der Waals surface area contributed by atoms with Gasteiger partial charge in [0.05, 0.1) is 12.8 Å². The van der Waals surface area contributed by atoms with Crippen LogP contribution in [0.1, 0.15) is 23.0 Å². The van der Waals surface area contributed by atoms with E-state index in [1.807, 2.05) is 43.3 Å². The molecule has 0 aliphatic heterocycles. The molecule has 0 aliphatic carbocycles. The van der Waals surface area contributed by atoms with E-state index in [0.29, 0.717) is 12.2 Å². The predicted octanol–water partition coefficient (Wildman–Crippen LogP) is 4.36. The van der Waals surface area contributed by atoms with Crippen LogP contribution in [0.4, 0.5) is 0 Å². The lowest BCUT2D eigenvalue weighted by Crippen LogP contribution is -2.16. The van der Waals surface area contributed by atoms with Gasteiger partial charge in [0.15, 0.2) is 5.76 Å². The summed E-state index contributed by atoms with van der Waals surface area (Å²) in [6.07, 6.45) is 1.56. The fourth-order valence-corrected chi connectivity index (χ4v) is 2.54. The van der Waals surface area contributed by atoms with E-state index in [4.69, 9.17) is 9.15 Å². The van der Waals surface area contributed by atoms with Crippen LogP contribution in [0.15, 0.2) is 62.5 Å². The fraction of sp³-hybridized carbons (Fsp3) is 0.111. The lowest BCUT2D eigenvalue weighted by atomic mass is 10.2. The summed E-state index contributed by atoms with van der Waals surface area (Å²) in [6, 6.07) is 14.7. The van der Waals surface area contributed by atoms with Crippen LogP contribution < -0.4 is 10.2 Å². The molecule has 0 fully saturated rings. The number of carbonyl (C=O) groups is 1. The third kappa shape index (κ3) is 3.83. The number of rotatable bonds is 5. The first-order chi connectivity index (χ1) is 11.7. The maximum atomic E-state index is 12.1.